The standard InChI is InChI=1S/C19H16BrClN2O3S/c1-2-23(11-14-6-9-17(21)27-14)19(25)12-4-3-5-13(10-12)22-18(24)15-7-8-16(20)26-15/h3-10H,2,11H2,1H3,(H,22,24). The monoisotopic (exact) mass is 466 g/mol. The lowest BCUT2D eigenvalue weighted by Crippen LogP contribution is -2.30. The topological polar surface area (TPSA) is 62.6 Å². The zero-order chi connectivity index (χ0) is 19.4. The van der Waals surface area contributed by atoms with Crippen LogP contribution in [0.15, 0.2) is 57.6 Å². The number of rotatable bonds is 6. The summed E-state index contributed by atoms with van der Waals surface area (Å²) in [7, 11) is 0. The van der Waals surface area contributed by atoms with E-state index >= 15 is 0 Å². The van der Waals surface area contributed by atoms with E-state index in [0.29, 0.717) is 33.3 Å². The number of hydrogen-bond acceptors (Lipinski definition) is 4. The molecule has 0 aliphatic carbocycles. The molecule has 0 aliphatic heterocycles. The van der Waals surface area contributed by atoms with Crippen molar-refractivity contribution in [3.63, 3.8) is 0 Å². The number of benzene rings is 1. The molecule has 2 amide bonds. The normalized spacial score (nSPS) is 10.6. The fourth-order valence-corrected chi connectivity index (χ4v) is 3.90. The first-order valence-electron chi connectivity index (χ1n) is 8.16. The summed E-state index contributed by atoms with van der Waals surface area (Å²) < 4.78 is 6.41. The van der Waals surface area contributed by atoms with Crippen molar-refractivity contribution < 1.29 is 14.0 Å². The van der Waals surface area contributed by atoms with Crippen molar-refractivity contribution in [3.8, 4) is 0 Å². The molecule has 0 fully saturated rings. The first kappa shape index (κ1) is 19.7. The second-order valence-electron chi connectivity index (χ2n) is 5.66. The summed E-state index contributed by atoms with van der Waals surface area (Å²) >= 11 is 10.6. The number of halogens is 2. The van der Waals surface area contributed by atoms with Crippen LogP contribution in [-0.4, -0.2) is 23.3 Å². The number of amides is 2. The van der Waals surface area contributed by atoms with Gasteiger partial charge in [0.2, 0.25) is 0 Å². The molecule has 0 unspecified atom stereocenters. The van der Waals surface area contributed by atoms with Crippen molar-refractivity contribution in [1.29, 1.82) is 0 Å². The van der Waals surface area contributed by atoms with Crippen molar-refractivity contribution in [1.82, 2.24) is 4.90 Å². The highest BCUT2D eigenvalue weighted by Gasteiger charge is 2.17. The van der Waals surface area contributed by atoms with Crippen LogP contribution in [0.4, 0.5) is 5.69 Å². The minimum Gasteiger partial charge on any atom is -0.444 e. The molecule has 2 heterocycles. The molecule has 1 aromatic carbocycles. The number of nitrogens with zero attached hydrogens (tertiary/aromatic N) is 1. The molecule has 0 aliphatic rings. The third-order valence-corrected chi connectivity index (χ3v) is 5.45. The Morgan fingerprint density at radius 3 is 2.67 bits per heavy atom. The fraction of sp³-hybridized carbons (Fsp3) is 0.158. The molecule has 0 atom stereocenters. The van der Waals surface area contributed by atoms with Gasteiger partial charge in [0.25, 0.3) is 11.8 Å². The summed E-state index contributed by atoms with van der Waals surface area (Å²) in [5, 5.41) is 2.74. The van der Waals surface area contributed by atoms with E-state index in [1.54, 1.807) is 41.3 Å². The molecule has 140 valence electrons. The molecular weight excluding hydrogens is 452 g/mol. The van der Waals surface area contributed by atoms with Crippen LogP contribution in [-0.2, 0) is 6.54 Å². The fourth-order valence-electron chi connectivity index (χ4n) is 2.49. The van der Waals surface area contributed by atoms with Gasteiger partial charge in [-0.1, -0.05) is 17.7 Å². The Morgan fingerprint density at radius 2 is 2.04 bits per heavy atom. The van der Waals surface area contributed by atoms with Crippen molar-refractivity contribution in [2.45, 2.75) is 13.5 Å². The second kappa shape index (κ2) is 8.73. The Bertz CT molecular complexity index is 969. The van der Waals surface area contributed by atoms with Gasteiger partial charge in [-0.3, -0.25) is 9.59 Å². The number of carbonyl (C=O) groups is 2. The molecule has 0 saturated carbocycles. The number of hydrogen-bond donors (Lipinski definition) is 1. The summed E-state index contributed by atoms with van der Waals surface area (Å²) in [4.78, 5) is 27.8. The van der Waals surface area contributed by atoms with Crippen LogP contribution < -0.4 is 5.32 Å². The Hall–Kier alpha value is -2.09. The SMILES string of the molecule is CCN(Cc1ccc(Cl)s1)C(=O)c1cccc(NC(=O)c2ccc(Br)o2)c1. The van der Waals surface area contributed by atoms with E-state index in [1.807, 2.05) is 19.1 Å². The number of furan rings is 1. The van der Waals surface area contributed by atoms with Crippen LogP contribution in [0.5, 0.6) is 0 Å². The molecule has 5 nitrogen and oxygen atoms in total. The number of carbonyl (C=O) groups excluding carboxylic acids is 2. The van der Waals surface area contributed by atoms with E-state index < -0.39 is 0 Å². The first-order valence-corrected chi connectivity index (χ1v) is 10.1. The van der Waals surface area contributed by atoms with Gasteiger partial charge in [-0.05, 0) is 65.3 Å². The Kier molecular flexibility index (Phi) is 6.36. The van der Waals surface area contributed by atoms with Crippen LogP contribution in [0.1, 0.15) is 32.7 Å². The third-order valence-electron chi connectivity index (χ3n) is 3.81. The van der Waals surface area contributed by atoms with Crippen LogP contribution in [0.25, 0.3) is 0 Å². The average Bonchev–Trinajstić information content (AvgIpc) is 3.27. The van der Waals surface area contributed by atoms with Crippen molar-refractivity contribution in [2.75, 3.05) is 11.9 Å². The minimum atomic E-state index is -0.383. The predicted octanol–water partition coefficient (Wildman–Crippen LogP) is 5.67. The number of anilines is 1. The lowest BCUT2D eigenvalue weighted by molar-refractivity contribution is 0.0754. The summed E-state index contributed by atoms with van der Waals surface area (Å²) in [6.07, 6.45) is 0. The molecule has 8 heteroatoms. The van der Waals surface area contributed by atoms with Crippen LogP contribution in [0.3, 0.4) is 0 Å². The van der Waals surface area contributed by atoms with Crippen molar-refractivity contribution in [2.24, 2.45) is 0 Å². The van der Waals surface area contributed by atoms with Gasteiger partial charge in [0.15, 0.2) is 10.4 Å². The highest BCUT2D eigenvalue weighted by Crippen LogP contribution is 2.24. The minimum absolute atomic E-state index is 0.112. The molecule has 0 spiro atoms. The van der Waals surface area contributed by atoms with Gasteiger partial charge in [-0.2, -0.15) is 0 Å². The predicted molar refractivity (Wildman–Crippen MR) is 111 cm³/mol. The van der Waals surface area contributed by atoms with Gasteiger partial charge in [-0.15, -0.1) is 11.3 Å². The Balaban J connectivity index is 1.73. The molecule has 3 rings (SSSR count). The number of nitrogens with one attached hydrogen (secondary N) is 1. The van der Waals surface area contributed by atoms with E-state index in [-0.39, 0.29) is 17.6 Å². The second-order valence-corrected chi connectivity index (χ2v) is 8.25. The maximum atomic E-state index is 12.9. The molecule has 2 aromatic heterocycles. The molecule has 0 bridgehead atoms. The van der Waals surface area contributed by atoms with Gasteiger partial charge in [0.1, 0.15) is 0 Å². The molecule has 0 saturated heterocycles. The van der Waals surface area contributed by atoms with Gasteiger partial charge < -0.3 is 14.6 Å². The summed E-state index contributed by atoms with van der Waals surface area (Å²) in [6, 6.07) is 13.8. The lowest BCUT2D eigenvalue weighted by atomic mass is 10.1. The zero-order valence-electron chi connectivity index (χ0n) is 14.4. The summed E-state index contributed by atoms with van der Waals surface area (Å²) in [5.74, 6) is -0.312. The average molecular weight is 468 g/mol. The summed E-state index contributed by atoms with van der Waals surface area (Å²) in [5.41, 5.74) is 1.02. The Morgan fingerprint density at radius 1 is 1.22 bits per heavy atom. The van der Waals surface area contributed by atoms with Crippen molar-refractivity contribution in [3.05, 3.63) is 73.7 Å². The lowest BCUT2D eigenvalue weighted by Gasteiger charge is -2.20. The largest absolute Gasteiger partial charge is 0.444 e. The summed E-state index contributed by atoms with van der Waals surface area (Å²) in [6.45, 7) is 2.97. The molecule has 3 aromatic rings. The van der Waals surface area contributed by atoms with E-state index in [4.69, 9.17) is 16.0 Å². The Labute approximate surface area is 174 Å². The third kappa shape index (κ3) is 5.00. The van der Waals surface area contributed by atoms with Gasteiger partial charge in [0.05, 0.1) is 10.9 Å². The van der Waals surface area contributed by atoms with Crippen LogP contribution in [0, 0.1) is 0 Å². The van der Waals surface area contributed by atoms with Gasteiger partial charge >= 0.3 is 0 Å². The van der Waals surface area contributed by atoms with Gasteiger partial charge in [0, 0.05) is 22.7 Å². The highest BCUT2D eigenvalue weighted by molar-refractivity contribution is 9.10. The van der Waals surface area contributed by atoms with Crippen molar-refractivity contribution >= 4 is 56.4 Å². The maximum absolute atomic E-state index is 12.9. The zero-order valence-corrected chi connectivity index (χ0v) is 17.5. The maximum Gasteiger partial charge on any atom is 0.291 e. The first-order chi connectivity index (χ1) is 13.0. The van der Waals surface area contributed by atoms with E-state index in [2.05, 4.69) is 21.2 Å². The van der Waals surface area contributed by atoms with Crippen LogP contribution >= 0.6 is 38.9 Å². The van der Waals surface area contributed by atoms with E-state index in [0.717, 1.165) is 4.88 Å². The molecular formula is C19H16BrClN2O3S. The van der Waals surface area contributed by atoms with Crippen LogP contribution in [0.2, 0.25) is 4.34 Å². The molecule has 1 N–H and O–H groups in total. The highest BCUT2D eigenvalue weighted by atomic mass is 79.9. The van der Waals surface area contributed by atoms with E-state index in [9.17, 15) is 9.59 Å². The quantitative estimate of drug-likeness (QED) is 0.508. The number of thiophene rings is 1. The molecule has 27 heavy (non-hydrogen) atoms. The molecule has 0 radical (unpaired) electrons. The van der Waals surface area contributed by atoms with Gasteiger partial charge in [-0.25, -0.2) is 0 Å². The smallest absolute Gasteiger partial charge is 0.291 e. The van der Waals surface area contributed by atoms with E-state index in [1.165, 1.54) is 11.3 Å².